The van der Waals surface area contributed by atoms with Gasteiger partial charge in [0, 0.05) is 30.2 Å². The number of carbonyl (C=O) groups is 2. The van der Waals surface area contributed by atoms with Crippen LogP contribution in [0, 0.1) is 0 Å². The van der Waals surface area contributed by atoms with Gasteiger partial charge in [0.05, 0.1) is 11.1 Å². The number of rotatable bonds is 3. The summed E-state index contributed by atoms with van der Waals surface area (Å²) in [5, 5.41) is 0.843. The molecule has 21 heavy (non-hydrogen) atoms. The van der Waals surface area contributed by atoms with E-state index in [-0.39, 0.29) is 6.09 Å². The number of fused-ring (bicyclic) bond motifs is 1. The number of ether oxygens (including phenoxy) is 1. The number of aromatic nitrogens is 1. The van der Waals surface area contributed by atoms with Gasteiger partial charge in [0.2, 0.25) is 0 Å². The molecule has 2 heterocycles. The summed E-state index contributed by atoms with van der Waals surface area (Å²) >= 11 is 0. The average Bonchev–Trinajstić information content (AvgIpc) is 2.83. The Morgan fingerprint density at radius 3 is 2.71 bits per heavy atom. The Bertz CT molecular complexity index is 703. The molecular weight excluding hydrogens is 270 g/mol. The van der Waals surface area contributed by atoms with Crippen LogP contribution in [0.1, 0.15) is 35.4 Å². The van der Waals surface area contributed by atoms with Gasteiger partial charge in [-0.05, 0) is 25.5 Å². The van der Waals surface area contributed by atoms with E-state index in [9.17, 15) is 9.59 Å². The highest BCUT2D eigenvalue weighted by atomic mass is 16.6. The Labute approximate surface area is 121 Å². The van der Waals surface area contributed by atoms with E-state index in [1.807, 2.05) is 13.0 Å². The zero-order valence-electron chi connectivity index (χ0n) is 11.8. The lowest BCUT2D eigenvalue weighted by atomic mass is 10.0. The molecule has 1 aromatic heterocycles. The number of H-pyrrole nitrogens is 1. The number of aromatic amines is 1. The third-order valence-corrected chi connectivity index (χ3v) is 3.85. The van der Waals surface area contributed by atoms with Crippen molar-refractivity contribution in [3.63, 3.8) is 0 Å². The Hall–Kier alpha value is -2.50. The van der Waals surface area contributed by atoms with E-state index >= 15 is 0 Å². The number of nitrogens with zero attached hydrogens (tertiary/aromatic N) is 1. The average molecular weight is 287 g/mol. The summed E-state index contributed by atoms with van der Waals surface area (Å²) in [5.41, 5.74) is 7.32. The SMILES string of the molecule is CC(OC(=O)N1CCC1)c1ccc(C(N)=O)c2[nH]ccc12. The fraction of sp³-hybridized carbons (Fsp3) is 0.333. The predicted molar refractivity (Wildman–Crippen MR) is 77.9 cm³/mol. The lowest BCUT2D eigenvalue weighted by Crippen LogP contribution is -2.42. The number of likely N-dealkylation sites (tertiary alicyclic amines) is 1. The molecular formula is C15H17N3O3. The molecule has 3 rings (SSSR count). The minimum Gasteiger partial charge on any atom is -0.441 e. The number of carbonyl (C=O) groups excluding carboxylic acids is 2. The molecule has 1 aromatic carbocycles. The van der Waals surface area contributed by atoms with Crippen LogP contribution >= 0.6 is 0 Å². The fourth-order valence-electron chi connectivity index (χ4n) is 2.53. The second-order valence-electron chi connectivity index (χ2n) is 5.20. The zero-order valence-corrected chi connectivity index (χ0v) is 11.8. The summed E-state index contributed by atoms with van der Waals surface area (Å²) < 4.78 is 5.48. The van der Waals surface area contributed by atoms with Gasteiger partial charge in [-0.1, -0.05) is 6.07 Å². The molecule has 1 aliphatic rings. The van der Waals surface area contributed by atoms with Crippen molar-refractivity contribution in [2.45, 2.75) is 19.4 Å². The molecule has 6 heteroatoms. The van der Waals surface area contributed by atoms with Gasteiger partial charge in [0.25, 0.3) is 5.91 Å². The second-order valence-corrected chi connectivity index (χ2v) is 5.20. The van der Waals surface area contributed by atoms with Gasteiger partial charge in [-0.15, -0.1) is 0 Å². The van der Waals surface area contributed by atoms with E-state index in [4.69, 9.17) is 10.5 Å². The van der Waals surface area contributed by atoms with E-state index in [0.717, 1.165) is 30.5 Å². The Morgan fingerprint density at radius 2 is 2.10 bits per heavy atom. The minimum atomic E-state index is -0.487. The van der Waals surface area contributed by atoms with E-state index in [1.54, 1.807) is 23.2 Å². The van der Waals surface area contributed by atoms with Crippen molar-refractivity contribution < 1.29 is 14.3 Å². The normalized spacial score (nSPS) is 15.6. The number of benzene rings is 1. The van der Waals surface area contributed by atoms with Gasteiger partial charge in [0.1, 0.15) is 6.10 Å². The summed E-state index contributed by atoms with van der Waals surface area (Å²) in [4.78, 5) is 28.0. The first-order chi connectivity index (χ1) is 10.1. The highest BCUT2D eigenvalue weighted by Gasteiger charge is 2.24. The van der Waals surface area contributed by atoms with Gasteiger partial charge >= 0.3 is 6.09 Å². The van der Waals surface area contributed by atoms with Crippen molar-refractivity contribution in [2.24, 2.45) is 5.73 Å². The van der Waals surface area contributed by atoms with E-state index < -0.39 is 12.0 Å². The van der Waals surface area contributed by atoms with Crippen molar-refractivity contribution in [3.05, 3.63) is 35.5 Å². The third-order valence-electron chi connectivity index (χ3n) is 3.85. The van der Waals surface area contributed by atoms with Crippen molar-refractivity contribution in [1.82, 2.24) is 9.88 Å². The molecule has 2 aromatic rings. The molecule has 110 valence electrons. The number of amides is 2. The molecule has 0 aliphatic carbocycles. The maximum atomic E-state index is 11.9. The first-order valence-corrected chi connectivity index (χ1v) is 6.93. The molecule has 0 saturated carbocycles. The van der Waals surface area contributed by atoms with Crippen molar-refractivity contribution >= 4 is 22.9 Å². The second kappa shape index (κ2) is 5.12. The zero-order chi connectivity index (χ0) is 15.0. The van der Waals surface area contributed by atoms with Crippen LogP contribution in [0.2, 0.25) is 0 Å². The molecule has 1 fully saturated rings. The quantitative estimate of drug-likeness (QED) is 0.906. The third kappa shape index (κ3) is 2.33. The van der Waals surface area contributed by atoms with Gasteiger partial charge in [-0.3, -0.25) is 4.79 Å². The lowest BCUT2D eigenvalue weighted by molar-refractivity contribution is 0.0529. The number of hydrogen-bond acceptors (Lipinski definition) is 3. The fourth-order valence-corrected chi connectivity index (χ4v) is 2.53. The molecule has 0 radical (unpaired) electrons. The van der Waals surface area contributed by atoms with Crippen LogP contribution in [0.3, 0.4) is 0 Å². The minimum absolute atomic E-state index is 0.295. The van der Waals surface area contributed by atoms with Gasteiger partial charge in [-0.25, -0.2) is 4.79 Å². The summed E-state index contributed by atoms with van der Waals surface area (Å²) in [7, 11) is 0. The van der Waals surface area contributed by atoms with Crippen molar-refractivity contribution in [1.29, 1.82) is 0 Å². The highest BCUT2D eigenvalue weighted by molar-refractivity contribution is 6.05. The number of primary amides is 1. The smallest absolute Gasteiger partial charge is 0.410 e. The summed E-state index contributed by atoms with van der Waals surface area (Å²) in [6, 6.07) is 5.29. The standard InChI is InChI=1S/C15H17N3O3/c1-9(21-15(20)18-7-2-8-18)10-3-4-12(14(16)19)13-11(10)5-6-17-13/h3-6,9,17H,2,7-8H2,1H3,(H2,16,19). The van der Waals surface area contributed by atoms with Crippen molar-refractivity contribution in [2.75, 3.05) is 13.1 Å². The molecule has 2 amide bonds. The Balaban J connectivity index is 1.89. The molecule has 0 spiro atoms. The van der Waals surface area contributed by atoms with Crippen molar-refractivity contribution in [3.8, 4) is 0 Å². The van der Waals surface area contributed by atoms with Gasteiger partial charge in [-0.2, -0.15) is 0 Å². The molecule has 1 atom stereocenters. The molecule has 1 aliphatic heterocycles. The monoisotopic (exact) mass is 287 g/mol. The van der Waals surface area contributed by atoms with E-state index in [1.165, 1.54) is 0 Å². The molecule has 6 nitrogen and oxygen atoms in total. The molecule has 1 saturated heterocycles. The van der Waals surface area contributed by atoms with Crippen LogP contribution < -0.4 is 5.73 Å². The maximum Gasteiger partial charge on any atom is 0.410 e. The van der Waals surface area contributed by atoms with Gasteiger partial charge in [0.15, 0.2) is 0 Å². The molecule has 1 unspecified atom stereocenters. The van der Waals surface area contributed by atoms with Gasteiger partial charge < -0.3 is 20.4 Å². The molecule has 0 bridgehead atoms. The number of nitrogens with one attached hydrogen (secondary N) is 1. The van der Waals surface area contributed by atoms with Crippen LogP contribution in [0.5, 0.6) is 0 Å². The number of nitrogens with two attached hydrogens (primary N) is 1. The first-order valence-electron chi connectivity index (χ1n) is 6.93. The molecule has 3 N–H and O–H groups in total. The maximum absolute atomic E-state index is 11.9. The summed E-state index contributed by atoms with van der Waals surface area (Å²) in [5.74, 6) is -0.487. The van der Waals surface area contributed by atoms with Crippen LogP contribution in [0.25, 0.3) is 10.9 Å². The van der Waals surface area contributed by atoms with E-state index in [2.05, 4.69) is 4.98 Å². The highest BCUT2D eigenvalue weighted by Crippen LogP contribution is 2.29. The number of hydrogen-bond donors (Lipinski definition) is 2. The largest absolute Gasteiger partial charge is 0.441 e. The Morgan fingerprint density at radius 1 is 1.33 bits per heavy atom. The topological polar surface area (TPSA) is 88.4 Å². The van der Waals surface area contributed by atoms with Crippen LogP contribution in [0.4, 0.5) is 4.79 Å². The van der Waals surface area contributed by atoms with Crippen LogP contribution in [0.15, 0.2) is 24.4 Å². The van der Waals surface area contributed by atoms with Crippen LogP contribution in [-0.4, -0.2) is 35.0 Å². The first kappa shape index (κ1) is 13.5. The predicted octanol–water partition coefficient (Wildman–Crippen LogP) is 2.17. The van der Waals surface area contributed by atoms with E-state index in [0.29, 0.717) is 11.1 Å². The summed E-state index contributed by atoms with van der Waals surface area (Å²) in [6.07, 6.45) is 2.08. The van der Waals surface area contributed by atoms with Crippen LogP contribution in [-0.2, 0) is 4.74 Å². The summed E-state index contributed by atoms with van der Waals surface area (Å²) in [6.45, 7) is 3.33. The lowest BCUT2D eigenvalue weighted by Gasteiger charge is -2.31. The Kier molecular flexibility index (Phi) is 3.29.